The highest BCUT2D eigenvalue weighted by molar-refractivity contribution is 7.99. The maximum Gasteiger partial charge on any atom is 0.251 e. The van der Waals surface area contributed by atoms with E-state index in [9.17, 15) is 9.59 Å². The van der Waals surface area contributed by atoms with E-state index in [0.717, 1.165) is 43.1 Å². The van der Waals surface area contributed by atoms with Gasteiger partial charge in [0.2, 0.25) is 5.91 Å². The maximum absolute atomic E-state index is 12.4. The van der Waals surface area contributed by atoms with Crippen LogP contribution in [-0.4, -0.2) is 53.5 Å². The predicted molar refractivity (Wildman–Crippen MR) is 97.2 cm³/mol. The van der Waals surface area contributed by atoms with Crippen molar-refractivity contribution in [2.24, 2.45) is 0 Å². The Morgan fingerprint density at radius 3 is 2.58 bits per heavy atom. The van der Waals surface area contributed by atoms with Gasteiger partial charge in [0.15, 0.2) is 0 Å². The van der Waals surface area contributed by atoms with Crippen LogP contribution in [0.4, 0.5) is 0 Å². The molecule has 0 aliphatic carbocycles. The third-order valence-electron chi connectivity index (χ3n) is 4.93. The van der Waals surface area contributed by atoms with E-state index >= 15 is 0 Å². The highest BCUT2D eigenvalue weighted by Gasteiger charge is 2.30. The zero-order valence-electron chi connectivity index (χ0n) is 14.3. The first-order valence-corrected chi connectivity index (χ1v) is 9.68. The van der Waals surface area contributed by atoms with Crippen LogP contribution in [0.2, 0.25) is 0 Å². The summed E-state index contributed by atoms with van der Waals surface area (Å²) in [5.41, 5.74) is 3.03. The number of rotatable bonds is 3. The minimum atomic E-state index is -0.0309. The summed E-state index contributed by atoms with van der Waals surface area (Å²) < 4.78 is 0. The monoisotopic (exact) mass is 347 g/mol. The van der Waals surface area contributed by atoms with Crippen molar-refractivity contribution in [3.05, 3.63) is 34.9 Å². The molecule has 24 heavy (non-hydrogen) atoms. The van der Waals surface area contributed by atoms with Gasteiger partial charge in [-0.3, -0.25) is 14.9 Å². The molecule has 2 aliphatic rings. The lowest BCUT2D eigenvalue weighted by molar-refractivity contribution is -0.133. The lowest BCUT2D eigenvalue weighted by atomic mass is 10.0. The highest BCUT2D eigenvalue weighted by Crippen LogP contribution is 2.17. The summed E-state index contributed by atoms with van der Waals surface area (Å²) in [6.45, 7) is 5.51. The predicted octanol–water partition coefficient (Wildman–Crippen LogP) is 1.69. The Hall–Kier alpha value is -1.53. The van der Waals surface area contributed by atoms with Gasteiger partial charge in [-0.25, -0.2) is 0 Å². The van der Waals surface area contributed by atoms with Crippen molar-refractivity contribution in [2.45, 2.75) is 38.8 Å². The zero-order chi connectivity index (χ0) is 17.1. The van der Waals surface area contributed by atoms with Crippen molar-refractivity contribution in [1.82, 2.24) is 15.5 Å². The number of aryl methyl sites for hydroxylation is 2. The summed E-state index contributed by atoms with van der Waals surface area (Å²) in [6, 6.07) is 5.91. The third kappa shape index (κ3) is 3.92. The smallest absolute Gasteiger partial charge is 0.251 e. The number of amides is 2. The molecule has 6 heteroatoms. The number of thioether (sulfide) groups is 1. The van der Waals surface area contributed by atoms with E-state index in [0.29, 0.717) is 5.56 Å². The molecule has 130 valence electrons. The first kappa shape index (κ1) is 17.3. The fourth-order valence-electron chi connectivity index (χ4n) is 3.17. The number of carbonyl (C=O) groups excluding carboxylic acids is 2. The van der Waals surface area contributed by atoms with Gasteiger partial charge in [-0.05, 0) is 49.9 Å². The molecule has 5 nitrogen and oxygen atoms in total. The van der Waals surface area contributed by atoms with Crippen molar-refractivity contribution >= 4 is 23.6 Å². The lowest BCUT2D eigenvalue weighted by Crippen LogP contribution is -2.51. The van der Waals surface area contributed by atoms with Crippen molar-refractivity contribution < 1.29 is 9.59 Å². The number of likely N-dealkylation sites (tertiary alicyclic amines) is 1. The SMILES string of the molecule is Cc1ccc(C(=O)NC2CCN(C(=O)C3CSCN3)CC2)cc1C. The van der Waals surface area contributed by atoms with Gasteiger partial charge >= 0.3 is 0 Å². The molecule has 0 bridgehead atoms. The van der Waals surface area contributed by atoms with Gasteiger partial charge in [-0.15, -0.1) is 11.8 Å². The molecular weight excluding hydrogens is 322 g/mol. The van der Waals surface area contributed by atoms with Crippen LogP contribution in [-0.2, 0) is 4.79 Å². The number of nitrogens with zero attached hydrogens (tertiary/aromatic N) is 1. The molecule has 0 saturated carbocycles. The van der Waals surface area contributed by atoms with Gasteiger partial charge < -0.3 is 10.2 Å². The largest absolute Gasteiger partial charge is 0.349 e. The fourth-order valence-corrected chi connectivity index (χ4v) is 4.10. The van der Waals surface area contributed by atoms with Crippen LogP contribution in [0, 0.1) is 13.8 Å². The molecule has 1 aromatic carbocycles. The Bertz CT molecular complexity index is 621. The maximum atomic E-state index is 12.4. The third-order valence-corrected chi connectivity index (χ3v) is 5.87. The second kappa shape index (κ2) is 7.57. The van der Waals surface area contributed by atoms with Crippen LogP contribution < -0.4 is 10.6 Å². The average molecular weight is 347 g/mol. The summed E-state index contributed by atoms with van der Waals surface area (Å²) in [5, 5.41) is 6.34. The van der Waals surface area contributed by atoms with Gasteiger partial charge in [-0.2, -0.15) is 0 Å². The molecule has 0 aromatic heterocycles. The number of hydrogen-bond acceptors (Lipinski definition) is 4. The molecule has 3 rings (SSSR count). The van der Waals surface area contributed by atoms with Crippen LogP contribution in [0.15, 0.2) is 18.2 Å². The van der Waals surface area contributed by atoms with Gasteiger partial charge in [0.25, 0.3) is 5.91 Å². The van der Waals surface area contributed by atoms with Crippen LogP contribution in [0.3, 0.4) is 0 Å². The molecule has 0 spiro atoms. The number of hydrogen-bond donors (Lipinski definition) is 2. The summed E-state index contributed by atoms with van der Waals surface area (Å²) in [6.07, 6.45) is 1.64. The van der Waals surface area contributed by atoms with E-state index in [1.165, 1.54) is 5.56 Å². The summed E-state index contributed by atoms with van der Waals surface area (Å²) >= 11 is 1.77. The van der Waals surface area contributed by atoms with E-state index in [4.69, 9.17) is 0 Å². The van der Waals surface area contributed by atoms with E-state index in [1.807, 2.05) is 36.9 Å². The summed E-state index contributed by atoms with van der Waals surface area (Å²) in [4.78, 5) is 26.7. The quantitative estimate of drug-likeness (QED) is 0.873. The van der Waals surface area contributed by atoms with E-state index in [1.54, 1.807) is 11.8 Å². The number of nitrogens with one attached hydrogen (secondary N) is 2. The van der Waals surface area contributed by atoms with Crippen molar-refractivity contribution in [1.29, 1.82) is 0 Å². The lowest BCUT2D eigenvalue weighted by Gasteiger charge is -2.33. The Labute approximate surface area is 147 Å². The first-order valence-electron chi connectivity index (χ1n) is 8.52. The number of carbonyl (C=O) groups is 2. The van der Waals surface area contributed by atoms with Gasteiger partial charge in [0, 0.05) is 36.3 Å². The Morgan fingerprint density at radius 1 is 1.21 bits per heavy atom. The molecular formula is C18H25N3O2S. The van der Waals surface area contributed by atoms with E-state index in [2.05, 4.69) is 10.6 Å². The molecule has 1 unspecified atom stereocenters. The summed E-state index contributed by atoms with van der Waals surface area (Å²) in [7, 11) is 0. The number of benzene rings is 1. The van der Waals surface area contributed by atoms with Gasteiger partial charge in [-0.1, -0.05) is 6.07 Å². The second-order valence-electron chi connectivity index (χ2n) is 6.64. The zero-order valence-corrected chi connectivity index (χ0v) is 15.1. The van der Waals surface area contributed by atoms with Gasteiger partial charge in [0.05, 0.1) is 6.04 Å². The van der Waals surface area contributed by atoms with Crippen LogP contribution in [0.5, 0.6) is 0 Å². The fraction of sp³-hybridized carbons (Fsp3) is 0.556. The Balaban J connectivity index is 1.50. The standard InChI is InChI=1S/C18H25N3O2S/c1-12-3-4-14(9-13(12)2)17(22)20-15-5-7-21(8-6-15)18(23)16-10-24-11-19-16/h3-4,9,15-16,19H,5-8,10-11H2,1-2H3,(H,20,22). The topological polar surface area (TPSA) is 61.4 Å². The normalized spacial score (nSPS) is 21.8. The van der Waals surface area contributed by atoms with Crippen LogP contribution in [0.25, 0.3) is 0 Å². The minimum absolute atomic E-state index is 0.0169. The molecule has 1 aromatic rings. The summed E-state index contributed by atoms with van der Waals surface area (Å²) in [5.74, 6) is 1.91. The van der Waals surface area contributed by atoms with E-state index in [-0.39, 0.29) is 23.9 Å². The Morgan fingerprint density at radius 2 is 1.96 bits per heavy atom. The van der Waals surface area contributed by atoms with Crippen molar-refractivity contribution in [3.8, 4) is 0 Å². The second-order valence-corrected chi connectivity index (χ2v) is 7.67. The molecule has 0 radical (unpaired) electrons. The molecule has 2 saturated heterocycles. The molecule has 2 amide bonds. The average Bonchev–Trinajstić information content (AvgIpc) is 3.12. The molecule has 1 atom stereocenters. The molecule has 2 N–H and O–H groups in total. The highest BCUT2D eigenvalue weighted by atomic mass is 32.2. The van der Waals surface area contributed by atoms with Crippen molar-refractivity contribution in [2.75, 3.05) is 24.7 Å². The molecule has 2 fully saturated rings. The first-order chi connectivity index (χ1) is 11.5. The number of piperidine rings is 1. The Kier molecular flexibility index (Phi) is 5.46. The molecule has 2 heterocycles. The van der Waals surface area contributed by atoms with Crippen LogP contribution in [0.1, 0.15) is 34.3 Å². The van der Waals surface area contributed by atoms with Gasteiger partial charge in [0.1, 0.15) is 0 Å². The van der Waals surface area contributed by atoms with Crippen LogP contribution >= 0.6 is 11.8 Å². The minimum Gasteiger partial charge on any atom is -0.349 e. The van der Waals surface area contributed by atoms with E-state index < -0.39 is 0 Å². The molecule has 2 aliphatic heterocycles. The van der Waals surface area contributed by atoms with Crippen molar-refractivity contribution in [3.63, 3.8) is 0 Å².